The fraction of sp³-hybridized carbons (Fsp3) is 0.600. The molecule has 0 unspecified atom stereocenters. The van der Waals surface area contributed by atoms with E-state index in [-0.39, 0.29) is 137 Å². The van der Waals surface area contributed by atoms with Crippen LogP contribution < -0.4 is 139 Å². The summed E-state index contributed by atoms with van der Waals surface area (Å²) in [6.07, 6.45) is 0. The molecule has 122 valence electrons. The third kappa shape index (κ3) is 28.1. The molecule has 0 aliphatic carbocycles. The van der Waals surface area contributed by atoms with Gasteiger partial charge in [0.1, 0.15) is 0 Å². The van der Waals surface area contributed by atoms with Gasteiger partial charge in [-0.3, -0.25) is 9.80 Å². The number of nitrogens with zero attached hydrogens (tertiary/aromatic N) is 2. The van der Waals surface area contributed by atoms with Crippen LogP contribution in [0.5, 0.6) is 0 Å². The molecule has 0 bridgehead atoms. The van der Waals surface area contributed by atoms with E-state index in [0.29, 0.717) is 0 Å². The minimum absolute atomic E-state index is 0. The number of carboxylic acids is 4. The third-order valence-electron chi connectivity index (χ3n) is 2.14. The number of rotatable bonds is 11. The second-order valence-electron chi connectivity index (χ2n) is 3.91. The molecule has 0 fully saturated rings. The molecular formula is C10H14N2Na4O9. The van der Waals surface area contributed by atoms with Crippen LogP contribution in [-0.2, 0) is 19.2 Å². The molecule has 0 saturated heterocycles. The number of hydrogen-bond donors (Lipinski definition) is 0. The average molecular weight is 398 g/mol. The summed E-state index contributed by atoms with van der Waals surface area (Å²) in [5, 5.41) is 41.6. The van der Waals surface area contributed by atoms with Crippen molar-refractivity contribution in [2.75, 3.05) is 39.3 Å². The zero-order chi connectivity index (χ0) is 15.7. The SMILES string of the molecule is O.O=C([O-])CN(CCN(CC(=O)[O-])CC(=O)[O-])CC(=O)[O-].[Na+].[Na+].[Na+].[Na+]. The van der Waals surface area contributed by atoms with E-state index >= 15 is 0 Å². The molecule has 0 atom stereocenters. The van der Waals surface area contributed by atoms with E-state index in [1.54, 1.807) is 0 Å². The van der Waals surface area contributed by atoms with Gasteiger partial charge in [-0.05, 0) is 0 Å². The zero-order valence-electron chi connectivity index (χ0n) is 14.9. The molecule has 0 aromatic rings. The first-order valence-corrected chi connectivity index (χ1v) is 5.44. The second-order valence-corrected chi connectivity index (χ2v) is 3.91. The normalized spacial score (nSPS) is 8.56. The van der Waals surface area contributed by atoms with Crippen molar-refractivity contribution in [3.8, 4) is 0 Å². The van der Waals surface area contributed by atoms with Crippen molar-refractivity contribution in [3.63, 3.8) is 0 Å². The zero-order valence-corrected chi connectivity index (χ0v) is 22.9. The molecule has 25 heavy (non-hydrogen) atoms. The molecule has 0 aliphatic heterocycles. The Morgan fingerprint density at radius 3 is 0.800 bits per heavy atom. The van der Waals surface area contributed by atoms with E-state index in [1.165, 1.54) is 0 Å². The van der Waals surface area contributed by atoms with E-state index in [9.17, 15) is 39.6 Å². The minimum atomic E-state index is -1.53. The van der Waals surface area contributed by atoms with Gasteiger partial charge in [-0.15, -0.1) is 0 Å². The largest absolute Gasteiger partial charge is 1.00 e. The van der Waals surface area contributed by atoms with E-state index in [1.807, 2.05) is 0 Å². The Morgan fingerprint density at radius 1 is 0.520 bits per heavy atom. The van der Waals surface area contributed by atoms with Gasteiger partial charge in [0.05, 0.1) is 23.9 Å². The predicted octanol–water partition coefficient (Wildman–Crippen LogP) is -20.2. The summed E-state index contributed by atoms with van der Waals surface area (Å²) in [7, 11) is 0. The van der Waals surface area contributed by atoms with Gasteiger partial charge in [-0.1, -0.05) is 0 Å². The Bertz CT molecular complexity index is 333. The first-order chi connectivity index (χ1) is 9.20. The Morgan fingerprint density at radius 2 is 0.680 bits per heavy atom. The summed E-state index contributed by atoms with van der Waals surface area (Å²) >= 11 is 0. The molecule has 0 spiro atoms. The van der Waals surface area contributed by atoms with Crippen molar-refractivity contribution in [1.29, 1.82) is 0 Å². The molecular weight excluding hydrogens is 384 g/mol. The van der Waals surface area contributed by atoms with Gasteiger partial charge in [0, 0.05) is 39.3 Å². The smallest absolute Gasteiger partial charge is 0.549 e. The van der Waals surface area contributed by atoms with Crippen molar-refractivity contribution in [1.82, 2.24) is 9.80 Å². The number of carbonyl (C=O) groups is 4. The van der Waals surface area contributed by atoms with Crippen molar-refractivity contribution in [3.05, 3.63) is 0 Å². The monoisotopic (exact) mass is 398 g/mol. The van der Waals surface area contributed by atoms with Gasteiger partial charge in [-0.25, -0.2) is 0 Å². The molecule has 0 aromatic carbocycles. The average Bonchev–Trinajstić information content (AvgIpc) is 2.22. The molecule has 0 aromatic heterocycles. The topological polar surface area (TPSA) is 198 Å². The van der Waals surface area contributed by atoms with Crippen LogP contribution in [0.2, 0.25) is 0 Å². The van der Waals surface area contributed by atoms with Crippen molar-refractivity contribution in [2.45, 2.75) is 0 Å². The van der Waals surface area contributed by atoms with Gasteiger partial charge in [0.15, 0.2) is 0 Å². The number of aliphatic carboxylic acids is 4. The maximum Gasteiger partial charge on any atom is 1.00 e. The van der Waals surface area contributed by atoms with E-state index in [0.717, 1.165) is 9.80 Å². The Balaban J connectivity index is -0.000000180. The van der Waals surface area contributed by atoms with Gasteiger partial charge in [0.2, 0.25) is 0 Å². The van der Waals surface area contributed by atoms with Crippen molar-refractivity contribution in [2.24, 2.45) is 0 Å². The van der Waals surface area contributed by atoms with Gasteiger partial charge in [0.25, 0.3) is 0 Å². The molecule has 2 N–H and O–H groups in total. The summed E-state index contributed by atoms with van der Waals surface area (Å²) in [6, 6.07) is 0. The van der Waals surface area contributed by atoms with E-state index in [2.05, 4.69) is 0 Å². The van der Waals surface area contributed by atoms with Crippen LogP contribution in [-0.4, -0.2) is 78.4 Å². The van der Waals surface area contributed by atoms with Crippen LogP contribution in [0.3, 0.4) is 0 Å². The summed E-state index contributed by atoms with van der Waals surface area (Å²) < 4.78 is 0. The molecule has 11 nitrogen and oxygen atoms in total. The number of hydrogen-bond acceptors (Lipinski definition) is 10. The van der Waals surface area contributed by atoms with Crippen LogP contribution in [0, 0.1) is 0 Å². The number of carboxylic acid groups (broad SMARTS) is 4. The minimum Gasteiger partial charge on any atom is -0.549 e. The van der Waals surface area contributed by atoms with Gasteiger partial charge < -0.3 is 45.1 Å². The van der Waals surface area contributed by atoms with Crippen molar-refractivity contribution >= 4 is 23.9 Å². The van der Waals surface area contributed by atoms with Gasteiger partial charge >= 0.3 is 118 Å². The quantitative estimate of drug-likeness (QED) is 0.301. The second kappa shape index (κ2) is 23.8. The number of carbonyl (C=O) groups excluding carboxylic acids is 4. The van der Waals surface area contributed by atoms with Gasteiger partial charge in [-0.2, -0.15) is 0 Å². The fourth-order valence-corrected chi connectivity index (χ4v) is 1.44. The predicted molar refractivity (Wildman–Crippen MR) is 56.5 cm³/mol. The summed E-state index contributed by atoms with van der Waals surface area (Å²) in [6.45, 7) is -3.25. The van der Waals surface area contributed by atoms with E-state index < -0.39 is 50.1 Å². The molecule has 0 aliphatic rings. The third-order valence-corrected chi connectivity index (χ3v) is 2.14. The first-order valence-electron chi connectivity index (χ1n) is 5.44. The molecule has 15 heteroatoms. The molecule has 0 rings (SSSR count). The Hall–Kier alpha value is 1.76. The van der Waals surface area contributed by atoms with Crippen molar-refractivity contribution < 1.29 is 163 Å². The summed E-state index contributed by atoms with van der Waals surface area (Å²) in [5.41, 5.74) is 0. The summed E-state index contributed by atoms with van der Waals surface area (Å²) in [5.74, 6) is -6.12. The molecule has 0 saturated carbocycles. The van der Waals surface area contributed by atoms with Crippen LogP contribution in [0.15, 0.2) is 0 Å². The van der Waals surface area contributed by atoms with Crippen LogP contribution >= 0.6 is 0 Å². The maximum absolute atomic E-state index is 10.4. The van der Waals surface area contributed by atoms with E-state index in [4.69, 9.17) is 0 Å². The van der Waals surface area contributed by atoms with Crippen LogP contribution in [0.4, 0.5) is 0 Å². The molecule has 0 heterocycles. The van der Waals surface area contributed by atoms with Crippen LogP contribution in [0.25, 0.3) is 0 Å². The Labute approximate surface area is 233 Å². The maximum atomic E-state index is 10.4. The Kier molecular flexibility index (Phi) is 39.2. The molecule has 0 amide bonds. The van der Waals surface area contributed by atoms with Crippen LogP contribution in [0.1, 0.15) is 0 Å². The first kappa shape index (κ1) is 41.2. The summed E-state index contributed by atoms with van der Waals surface area (Å²) in [4.78, 5) is 43.4. The molecule has 0 radical (unpaired) electrons. The standard InChI is InChI=1S/C10H16N2O8.4Na.H2O/c13-7(14)3-11(4-8(15)16)1-2-12(5-9(17)18)6-10(19)20;;;;;/h1-6H2,(H,13,14)(H,15,16)(H,17,18)(H,19,20);;;;;1H2/q;4*+1;/p-4. The fourth-order valence-electron chi connectivity index (χ4n) is 1.44.